The van der Waals surface area contributed by atoms with Crippen LogP contribution in [0.5, 0.6) is 0 Å². The molecular formula is C29H30N8O2S. The van der Waals surface area contributed by atoms with Gasteiger partial charge in [-0.25, -0.2) is 9.97 Å². The number of nitrogens with two attached hydrogens (primary N) is 1. The highest BCUT2D eigenvalue weighted by molar-refractivity contribution is 7.09. The van der Waals surface area contributed by atoms with Crippen molar-refractivity contribution < 1.29 is 9.21 Å². The largest absolute Gasteiger partial charge is 0.417 e. The number of carbonyl (C=O) groups is 1. The first-order valence-electron chi connectivity index (χ1n) is 13.2. The van der Waals surface area contributed by atoms with Gasteiger partial charge in [-0.2, -0.15) is 5.10 Å². The number of benzene rings is 1. The van der Waals surface area contributed by atoms with Crippen molar-refractivity contribution in [3.63, 3.8) is 0 Å². The van der Waals surface area contributed by atoms with Crippen LogP contribution in [0.25, 0.3) is 23.0 Å². The summed E-state index contributed by atoms with van der Waals surface area (Å²) in [4.78, 5) is 25.3. The molecule has 0 bridgehead atoms. The fourth-order valence-electron chi connectivity index (χ4n) is 5.13. The zero-order chi connectivity index (χ0) is 27.9. The van der Waals surface area contributed by atoms with Gasteiger partial charge >= 0.3 is 0 Å². The summed E-state index contributed by atoms with van der Waals surface area (Å²) in [5.41, 5.74) is 10.0. The van der Waals surface area contributed by atoms with Gasteiger partial charge in [0.2, 0.25) is 5.89 Å². The van der Waals surface area contributed by atoms with E-state index < -0.39 is 5.54 Å². The maximum Gasteiger partial charge on any atom is 0.266 e. The first-order valence-corrected chi connectivity index (χ1v) is 14.1. The Kier molecular flexibility index (Phi) is 6.77. The molecule has 40 heavy (non-hydrogen) atoms. The van der Waals surface area contributed by atoms with Crippen LogP contribution < -0.4 is 5.73 Å². The van der Waals surface area contributed by atoms with Gasteiger partial charge in [0.1, 0.15) is 10.7 Å². The van der Waals surface area contributed by atoms with E-state index in [9.17, 15) is 4.79 Å². The Balaban J connectivity index is 1.37. The van der Waals surface area contributed by atoms with E-state index in [1.807, 2.05) is 67.6 Å². The van der Waals surface area contributed by atoms with Crippen LogP contribution >= 0.6 is 11.3 Å². The summed E-state index contributed by atoms with van der Waals surface area (Å²) in [6.45, 7) is 4.50. The van der Waals surface area contributed by atoms with Gasteiger partial charge in [-0.3, -0.25) is 9.48 Å². The number of aryl methyl sites for hydroxylation is 2. The fourth-order valence-corrected chi connectivity index (χ4v) is 6.07. The Morgan fingerprint density at radius 2 is 1.95 bits per heavy atom. The topological polar surface area (TPSA) is 129 Å². The zero-order valence-electron chi connectivity index (χ0n) is 22.6. The average Bonchev–Trinajstić information content (AvgIpc) is 3.75. The third kappa shape index (κ3) is 5.05. The molecule has 10 nitrogen and oxygen atoms in total. The molecule has 1 aliphatic heterocycles. The van der Waals surface area contributed by atoms with Gasteiger partial charge in [0.25, 0.3) is 11.8 Å². The van der Waals surface area contributed by atoms with Gasteiger partial charge < -0.3 is 15.1 Å². The smallest absolute Gasteiger partial charge is 0.266 e. The van der Waals surface area contributed by atoms with Crippen molar-refractivity contribution in [2.45, 2.75) is 44.7 Å². The Bertz CT molecular complexity index is 1660. The second-order valence-electron chi connectivity index (χ2n) is 10.4. The Labute approximate surface area is 235 Å². The van der Waals surface area contributed by atoms with Gasteiger partial charge in [-0.05, 0) is 56.9 Å². The molecule has 0 spiro atoms. The first kappa shape index (κ1) is 26.0. The first-order chi connectivity index (χ1) is 19.3. The van der Waals surface area contributed by atoms with E-state index in [2.05, 4.69) is 20.3 Å². The summed E-state index contributed by atoms with van der Waals surface area (Å²) in [5, 5.41) is 15.8. The minimum atomic E-state index is -0.889. The second-order valence-corrected chi connectivity index (χ2v) is 11.3. The number of pyridine rings is 1. The minimum Gasteiger partial charge on any atom is -0.417 e. The molecule has 5 heterocycles. The number of nitrogens with zero attached hydrogens (tertiary/aromatic N) is 7. The number of carbonyl (C=O) groups excluding carboxylic acids is 1. The maximum atomic E-state index is 14.0. The number of thiazole rings is 1. The molecule has 1 fully saturated rings. The van der Waals surface area contributed by atoms with Crippen LogP contribution in [-0.4, -0.2) is 47.3 Å². The Hall–Kier alpha value is -4.22. The maximum absolute atomic E-state index is 14.0. The number of amides is 1. The van der Waals surface area contributed by atoms with E-state index in [-0.39, 0.29) is 17.8 Å². The summed E-state index contributed by atoms with van der Waals surface area (Å²) in [6, 6.07) is 15.2. The highest BCUT2D eigenvalue weighted by Crippen LogP contribution is 2.36. The Morgan fingerprint density at radius 1 is 1.15 bits per heavy atom. The molecule has 6 rings (SSSR count). The lowest BCUT2D eigenvalue weighted by atomic mass is 9.94. The van der Waals surface area contributed by atoms with Crippen LogP contribution in [0.4, 0.5) is 0 Å². The lowest BCUT2D eigenvalue weighted by molar-refractivity contribution is 0.0735. The summed E-state index contributed by atoms with van der Waals surface area (Å²) >= 11 is 1.60. The number of hydrogen-bond donors (Lipinski definition) is 1. The van der Waals surface area contributed by atoms with E-state index in [0.717, 1.165) is 34.8 Å². The molecule has 2 N–H and O–H groups in total. The van der Waals surface area contributed by atoms with Crippen molar-refractivity contribution in [1.82, 2.24) is 34.8 Å². The normalized spacial score (nSPS) is 16.8. The highest BCUT2D eigenvalue weighted by atomic mass is 32.1. The fraction of sp³-hybridized carbons (Fsp3) is 0.310. The summed E-state index contributed by atoms with van der Waals surface area (Å²) < 4.78 is 7.81. The lowest BCUT2D eigenvalue weighted by Gasteiger charge is -2.23. The molecule has 1 aliphatic rings. The molecule has 0 radical (unpaired) electrons. The summed E-state index contributed by atoms with van der Waals surface area (Å²) in [5.74, 6) is 0.409. The number of aromatic nitrogens is 6. The molecule has 5 aromatic rings. The van der Waals surface area contributed by atoms with E-state index in [0.29, 0.717) is 35.8 Å². The summed E-state index contributed by atoms with van der Waals surface area (Å²) in [6.07, 6.45) is 4.02. The van der Waals surface area contributed by atoms with Gasteiger partial charge in [-0.1, -0.05) is 30.3 Å². The molecule has 4 aromatic heterocycles. The third-order valence-electron chi connectivity index (χ3n) is 7.14. The minimum absolute atomic E-state index is 0.0473. The average molecular weight is 555 g/mol. The lowest BCUT2D eigenvalue weighted by Crippen LogP contribution is -2.35. The van der Waals surface area contributed by atoms with E-state index in [1.165, 1.54) is 0 Å². The van der Waals surface area contributed by atoms with Crippen molar-refractivity contribution >= 4 is 17.2 Å². The highest BCUT2D eigenvalue weighted by Gasteiger charge is 2.34. The number of likely N-dealkylation sites (tertiary alicyclic amines) is 1. The van der Waals surface area contributed by atoms with Crippen molar-refractivity contribution in [1.29, 1.82) is 0 Å². The van der Waals surface area contributed by atoms with Crippen LogP contribution in [0, 0.1) is 6.92 Å². The second kappa shape index (κ2) is 10.4. The van der Waals surface area contributed by atoms with E-state index in [1.54, 1.807) is 34.3 Å². The molecule has 0 saturated carbocycles. The van der Waals surface area contributed by atoms with Crippen molar-refractivity contribution in [3.05, 3.63) is 87.8 Å². The number of hydrogen-bond acceptors (Lipinski definition) is 9. The summed E-state index contributed by atoms with van der Waals surface area (Å²) in [7, 11) is 1.83. The van der Waals surface area contributed by atoms with Crippen LogP contribution in [-0.2, 0) is 19.0 Å². The molecule has 0 aliphatic carbocycles. The van der Waals surface area contributed by atoms with Crippen LogP contribution in [0.15, 0.2) is 64.5 Å². The predicted octanol–water partition coefficient (Wildman–Crippen LogP) is 4.69. The van der Waals surface area contributed by atoms with Gasteiger partial charge in [0, 0.05) is 36.4 Å². The molecule has 2 atom stereocenters. The van der Waals surface area contributed by atoms with Crippen LogP contribution in [0.1, 0.15) is 58.3 Å². The molecule has 204 valence electrons. The predicted molar refractivity (Wildman–Crippen MR) is 151 cm³/mol. The molecule has 1 saturated heterocycles. The number of rotatable bonds is 7. The van der Waals surface area contributed by atoms with Crippen molar-refractivity contribution in [2.24, 2.45) is 12.8 Å². The van der Waals surface area contributed by atoms with Crippen molar-refractivity contribution in [3.8, 4) is 23.0 Å². The van der Waals surface area contributed by atoms with Crippen molar-refractivity contribution in [2.75, 3.05) is 6.54 Å². The van der Waals surface area contributed by atoms with E-state index >= 15 is 0 Å². The van der Waals surface area contributed by atoms with Gasteiger partial charge in [0.05, 0.1) is 23.0 Å². The van der Waals surface area contributed by atoms with E-state index in [4.69, 9.17) is 15.1 Å². The molecule has 1 amide bonds. The van der Waals surface area contributed by atoms with Crippen LogP contribution in [0.2, 0.25) is 0 Å². The molecular weight excluding hydrogens is 524 g/mol. The molecule has 11 heteroatoms. The quantitative estimate of drug-likeness (QED) is 0.307. The monoisotopic (exact) mass is 554 g/mol. The van der Waals surface area contributed by atoms with Gasteiger partial charge in [-0.15, -0.1) is 21.5 Å². The Morgan fingerprint density at radius 3 is 2.67 bits per heavy atom. The molecule has 1 aromatic carbocycles. The van der Waals surface area contributed by atoms with Gasteiger partial charge in [0.15, 0.2) is 0 Å². The SMILES string of the molecule is Cc1csc(C2CCCN2C(=O)c2cc(-c3nnc(C(C)(N)Cc4ccccc4)o3)nc(-c3ccnn3C)c2)n1. The standard InChI is InChI=1S/C29H30N8O2S/c1-18-17-40-26(32-18)24-10-7-13-37(24)27(38)20-14-21(23-11-12-31-36(23)3)33-22(15-20)25-34-35-28(39-25)29(2,30)16-19-8-5-4-6-9-19/h4-6,8-9,11-12,14-15,17,24H,7,10,13,16,30H2,1-3H3. The third-order valence-corrected chi connectivity index (χ3v) is 8.20. The zero-order valence-corrected chi connectivity index (χ0v) is 23.4. The molecule has 2 unspecified atom stereocenters. The van der Waals surface area contributed by atoms with Crippen LogP contribution in [0.3, 0.4) is 0 Å².